The molecule has 0 aromatic heterocycles. The summed E-state index contributed by atoms with van der Waals surface area (Å²) < 4.78 is 27.5. The number of benzene rings is 2. The number of rotatable bonds is 9. The van der Waals surface area contributed by atoms with Crippen LogP contribution in [0.15, 0.2) is 54.3 Å². The molecule has 47 heavy (non-hydrogen) atoms. The third-order valence-electron chi connectivity index (χ3n) is 9.84. The number of phenolic OH excluding ortho intramolecular Hbond substituents is 1. The summed E-state index contributed by atoms with van der Waals surface area (Å²) >= 11 is 0. The predicted molar refractivity (Wildman–Crippen MR) is 158 cm³/mol. The van der Waals surface area contributed by atoms with Gasteiger partial charge in [0.25, 0.3) is 0 Å². The molecule has 1 aliphatic heterocycles. The molecule has 2 bridgehead atoms. The van der Waals surface area contributed by atoms with E-state index in [-0.39, 0.29) is 41.1 Å². The molecule has 2 aromatic rings. The van der Waals surface area contributed by atoms with Gasteiger partial charge in [0.2, 0.25) is 18.3 Å². The highest BCUT2D eigenvalue weighted by atomic mass is 16.6. The van der Waals surface area contributed by atoms with E-state index in [0.29, 0.717) is 18.4 Å². The molecule has 0 amide bonds. The molecule has 8 atom stereocenters. The predicted octanol–water partition coefficient (Wildman–Crippen LogP) is 2.79. The summed E-state index contributed by atoms with van der Waals surface area (Å²) in [7, 11) is 0. The van der Waals surface area contributed by atoms with E-state index in [1.54, 1.807) is 6.07 Å². The number of aromatic hydroxyl groups is 1. The number of phenols is 1. The number of hydrogen-bond donors (Lipinski definition) is 3. The lowest BCUT2D eigenvalue weighted by atomic mass is 9.45. The molecule has 1 fully saturated rings. The van der Waals surface area contributed by atoms with Gasteiger partial charge in [-0.15, -0.1) is 0 Å². The van der Waals surface area contributed by atoms with E-state index in [2.05, 4.69) is 6.92 Å². The van der Waals surface area contributed by atoms with Gasteiger partial charge in [0.05, 0.1) is 11.0 Å². The Labute approximate surface area is 269 Å². The molecule has 13 nitrogen and oxygen atoms in total. The molecule has 1 heterocycles. The van der Waals surface area contributed by atoms with Crippen LogP contribution in [0.25, 0.3) is 0 Å². The number of ether oxygens (including phenoxy) is 5. The van der Waals surface area contributed by atoms with Crippen LogP contribution in [-0.4, -0.2) is 69.1 Å². The summed E-state index contributed by atoms with van der Waals surface area (Å²) in [6.45, 7) is 3.96. The minimum absolute atomic E-state index is 0.0591. The van der Waals surface area contributed by atoms with Crippen LogP contribution in [0, 0.1) is 11.8 Å². The largest absolute Gasteiger partial charge is 0.504 e. The number of carboxylic acids is 1. The van der Waals surface area contributed by atoms with Crippen molar-refractivity contribution in [2.24, 2.45) is 11.8 Å². The van der Waals surface area contributed by atoms with Crippen LogP contribution in [0.4, 0.5) is 0 Å². The molecule has 2 aromatic carbocycles. The fourth-order valence-corrected chi connectivity index (χ4v) is 7.89. The quantitative estimate of drug-likeness (QED) is 0.265. The Hall–Kier alpha value is -4.91. The average molecular weight is 651 g/mol. The van der Waals surface area contributed by atoms with E-state index >= 15 is 0 Å². The zero-order valence-corrected chi connectivity index (χ0v) is 25.8. The molecular formula is C34H34O13. The highest BCUT2D eigenvalue weighted by molar-refractivity contribution is 5.90. The molecule has 1 spiro atoms. The molecule has 2 unspecified atom stereocenters. The van der Waals surface area contributed by atoms with Crippen LogP contribution in [0.2, 0.25) is 0 Å². The normalized spacial score (nSPS) is 28.3. The first kappa shape index (κ1) is 32.0. The van der Waals surface area contributed by atoms with E-state index in [9.17, 15) is 39.3 Å². The van der Waals surface area contributed by atoms with Gasteiger partial charge in [-0.05, 0) is 55.2 Å². The van der Waals surface area contributed by atoms with Gasteiger partial charge >= 0.3 is 29.8 Å². The molecule has 13 heteroatoms. The lowest BCUT2D eigenvalue weighted by Crippen LogP contribution is -2.69. The van der Waals surface area contributed by atoms with Crippen molar-refractivity contribution >= 4 is 29.8 Å². The third-order valence-corrected chi connectivity index (χ3v) is 9.84. The Morgan fingerprint density at radius 1 is 0.936 bits per heavy atom. The van der Waals surface area contributed by atoms with Crippen molar-refractivity contribution in [2.45, 2.75) is 81.9 Å². The van der Waals surface area contributed by atoms with Crippen molar-refractivity contribution in [1.82, 2.24) is 0 Å². The van der Waals surface area contributed by atoms with Crippen LogP contribution in [0.3, 0.4) is 0 Å². The number of hydrogen-bond acceptors (Lipinski definition) is 12. The summed E-state index contributed by atoms with van der Waals surface area (Å²) in [5.74, 6) is -6.49. The van der Waals surface area contributed by atoms with Crippen LogP contribution in [-0.2, 0) is 54.8 Å². The van der Waals surface area contributed by atoms with E-state index < -0.39 is 65.3 Å². The molecular weight excluding hydrogens is 616 g/mol. The first-order valence-corrected chi connectivity index (χ1v) is 15.3. The first-order valence-electron chi connectivity index (χ1n) is 15.3. The zero-order valence-electron chi connectivity index (χ0n) is 25.8. The maximum Gasteiger partial charge on any atom is 0.357 e. The topological polar surface area (TPSA) is 192 Å². The lowest BCUT2D eigenvalue weighted by Gasteiger charge is -2.61. The minimum atomic E-state index is -2.25. The Morgan fingerprint density at radius 3 is 2.23 bits per heavy atom. The summed E-state index contributed by atoms with van der Waals surface area (Å²) in [5, 5.41) is 32.9. The van der Waals surface area contributed by atoms with Crippen molar-refractivity contribution in [3.05, 3.63) is 71.0 Å². The molecule has 0 saturated heterocycles. The van der Waals surface area contributed by atoms with Crippen molar-refractivity contribution in [3.63, 3.8) is 0 Å². The smallest absolute Gasteiger partial charge is 0.357 e. The Kier molecular flexibility index (Phi) is 7.99. The van der Waals surface area contributed by atoms with Crippen LogP contribution >= 0.6 is 0 Å². The van der Waals surface area contributed by atoms with Crippen molar-refractivity contribution in [2.75, 3.05) is 0 Å². The summed E-state index contributed by atoms with van der Waals surface area (Å²) in [6, 6.07) is 10.8. The molecule has 0 radical (unpaired) electrons. The molecule has 3 aliphatic carbocycles. The minimum Gasteiger partial charge on any atom is -0.504 e. The van der Waals surface area contributed by atoms with Crippen LogP contribution in [0.1, 0.15) is 62.8 Å². The lowest BCUT2D eigenvalue weighted by molar-refractivity contribution is -0.195. The average Bonchev–Trinajstić information content (AvgIpc) is 3.38. The molecule has 1 saturated carbocycles. The first-order chi connectivity index (χ1) is 22.3. The van der Waals surface area contributed by atoms with Gasteiger partial charge in [0.1, 0.15) is 5.76 Å². The van der Waals surface area contributed by atoms with E-state index in [1.807, 2.05) is 6.07 Å². The maximum atomic E-state index is 13.8. The number of carboxylic acid groups (broad SMARTS) is 1. The number of aliphatic carboxylic acids is 1. The number of carbonyl (C=O) groups is 5. The molecule has 248 valence electrons. The van der Waals surface area contributed by atoms with E-state index in [1.165, 1.54) is 36.4 Å². The van der Waals surface area contributed by atoms with Gasteiger partial charge in [-0.2, -0.15) is 0 Å². The molecule has 4 aliphatic rings. The number of aliphatic hydroxyl groups is 1. The number of carbonyl (C=O) groups excluding carboxylic acids is 4. The van der Waals surface area contributed by atoms with Gasteiger partial charge in [-0.3, -0.25) is 9.59 Å². The Morgan fingerprint density at radius 2 is 1.60 bits per heavy atom. The second-order valence-corrected chi connectivity index (χ2v) is 12.5. The standard InChI is InChI=1S/C34H34O13/c1-16-11-13-33-24-20-9-10-22(37)26(24)46-29(33)23(12-14-34(33,42)21(16)15-20)45-31(40)27(43-17(2)35)28(44-18(3)36)32(41)47-25(30(38)39)19-7-5-4-6-8-19/h4-10,12,16,21,25,27-29,37,42H,11,13-15H2,1-3H3,(H,38,39)/t16?,21-,25+,27+,28+,29-,33?,34+/m0/s1. The molecule has 3 N–H and O–H groups in total. The second kappa shape index (κ2) is 11.7. The summed E-state index contributed by atoms with van der Waals surface area (Å²) in [6.07, 6.45) is -4.07. The number of esters is 4. The Bertz CT molecular complexity index is 1680. The SMILES string of the molecule is CC(=O)O[C@@H](C(=O)OC1=CC[C@@]2(O)[C@H]3Cc4ccc(O)c5c4C2(CCC3C)[C@H]1O5)[C@@H](OC(C)=O)C(=O)O[C@@H](C(=O)O)c1ccccc1. The van der Waals surface area contributed by atoms with Crippen molar-refractivity contribution in [3.8, 4) is 11.5 Å². The molecule has 6 rings (SSSR count). The van der Waals surface area contributed by atoms with Gasteiger partial charge in [0, 0.05) is 25.0 Å². The fraction of sp³-hybridized carbons (Fsp3) is 0.441. The van der Waals surface area contributed by atoms with Crippen molar-refractivity contribution in [1.29, 1.82) is 0 Å². The van der Waals surface area contributed by atoms with E-state index in [4.69, 9.17) is 23.7 Å². The summed E-state index contributed by atoms with van der Waals surface area (Å²) in [5.41, 5.74) is -0.718. The van der Waals surface area contributed by atoms with Crippen molar-refractivity contribution < 1.29 is 63.0 Å². The third kappa shape index (κ3) is 5.09. The fourth-order valence-electron chi connectivity index (χ4n) is 7.89. The Balaban J connectivity index is 1.34. The monoisotopic (exact) mass is 650 g/mol. The van der Waals surface area contributed by atoms with Crippen LogP contribution < -0.4 is 4.74 Å². The van der Waals surface area contributed by atoms with Gasteiger partial charge in [-0.1, -0.05) is 43.3 Å². The zero-order chi connectivity index (χ0) is 33.8. The highest BCUT2D eigenvalue weighted by Gasteiger charge is 2.72. The second-order valence-electron chi connectivity index (χ2n) is 12.5. The van der Waals surface area contributed by atoms with E-state index in [0.717, 1.165) is 25.8 Å². The summed E-state index contributed by atoms with van der Waals surface area (Å²) in [4.78, 5) is 63.5. The van der Waals surface area contributed by atoms with Crippen LogP contribution in [0.5, 0.6) is 11.5 Å². The highest BCUT2D eigenvalue weighted by Crippen LogP contribution is 2.68. The van der Waals surface area contributed by atoms with Gasteiger partial charge < -0.3 is 39.0 Å². The maximum absolute atomic E-state index is 13.8. The van der Waals surface area contributed by atoms with Gasteiger partial charge in [-0.25, -0.2) is 14.4 Å². The van der Waals surface area contributed by atoms with Gasteiger partial charge in [0.15, 0.2) is 17.6 Å².